The van der Waals surface area contributed by atoms with Crippen molar-refractivity contribution in [3.63, 3.8) is 0 Å². The third-order valence-corrected chi connectivity index (χ3v) is 5.21. The van der Waals surface area contributed by atoms with Crippen molar-refractivity contribution in [2.75, 3.05) is 11.9 Å². The van der Waals surface area contributed by atoms with Crippen LogP contribution in [0.3, 0.4) is 0 Å². The third kappa shape index (κ3) is 6.04. The van der Waals surface area contributed by atoms with Crippen LogP contribution in [0.1, 0.15) is 40.3 Å². The minimum Gasteiger partial charge on any atom is -0.462 e. The average Bonchev–Trinajstić information content (AvgIpc) is 3.28. The third-order valence-electron chi connectivity index (χ3n) is 5.21. The lowest BCUT2D eigenvalue weighted by molar-refractivity contribution is -0.168. The van der Waals surface area contributed by atoms with E-state index < -0.39 is 59.6 Å². The number of imidazole rings is 1. The van der Waals surface area contributed by atoms with Crippen LogP contribution in [-0.4, -0.2) is 67.8 Å². The molecule has 0 aliphatic carbocycles. The van der Waals surface area contributed by atoms with Crippen LogP contribution in [0, 0.1) is 12.3 Å². The van der Waals surface area contributed by atoms with Gasteiger partial charge in [-0.15, -0.1) is 6.42 Å². The molecule has 3 heterocycles. The molecule has 1 saturated heterocycles. The summed E-state index contributed by atoms with van der Waals surface area (Å²) in [5.74, 6) is -0.528. The second-order valence-electron chi connectivity index (χ2n) is 8.11. The number of aromatic amines is 1. The molecule has 1 amide bonds. The van der Waals surface area contributed by atoms with Gasteiger partial charge in [-0.3, -0.25) is 38.8 Å². The fourth-order valence-corrected chi connectivity index (χ4v) is 3.96. The van der Waals surface area contributed by atoms with Crippen molar-refractivity contribution in [2.24, 2.45) is 0 Å². The van der Waals surface area contributed by atoms with Crippen molar-refractivity contribution < 1.29 is 38.1 Å². The molecule has 0 aromatic carbocycles. The quantitative estimate of drug-likeness (QED) is 0.252. The molecule has 0 unspecified atom stereocenters. The molecule has 1 aliphatic rings. The molecular formula is C22H25N5O10. The van der Waals surface area contributed by atoms with E-state index in [2.05, 4.69) is 21.2 Å². The van der Waals surface area contributed by atoms with Crippen LogP contribution in [0.2, 0.25) is 0 Å². The van der Waals surface area contributed by atoms with Crippen LogP contribution in [0.25, 0.3) is 11.2 Å². The SMILES string of the molecule is C#CCn1c(=O)n([C@@H]2O[C@H]([C@H](COC(C)=O)OC(C)=O)C[C@H]2OC(C)=O)c2nc(NC(C)=O)[nH]c(=O)c21. The Kier molecular flexibility index (Phi) is 8.13. The molecule has 0 saturated carbocycles. The van der Waals surface area contributed by atoms with Crippen LogP contribution in [0.5, 0.6) is 0 Å². The number of amides is 1. The minimum atomic E-state index is -1.35. The number of terminal acetylenes is 1. The van der Waals surface area contributed by atoms with E-state index in [4.69, 9.17) is 25.4 Å². The number of aromatic nitrogens is 4. The summed E-state index contributed by atoms with van der Waals surface area (Å²) in [6.45, 7) is 3.99. The zero-order valence-corrected chi connectivity index (χ0v) is 20.4. The second kappa shape index (κ2) is 11.1. The lowest BCUT2D eigenvalue weighted by Crippen LogP contribution is -2.36. The predicted octanol–water partition coefficient (Wildman–Crippen LogP) is -0.808. The molecule has 2 aromatic rings. The highest BCUT2D eigenvalue weighted by molar-refractivity contribution is 5.87. The Labute approximate surface area is 209 Å². The largest absolute Gasteiger partial charge is 0.462 e. The molecule has 2 aromatic heterocycles. The molecule has 4 atom stereocenters. The molecule has 15 nitrogen and oxygen atoms in total. The Morgan fingerprint density at radius 3 is 2.46 bits per heavy atom. The summed E-state index contributed by atoms with van der Waals surface area (Å²) in [5.41, 5.74) is -1.99. The van der Waals surface area contributed by atoms with Gasteiger partial charge >= 0.3 is 23.6 Å². The van der Waals surface area contributed by atoms with Gasteiger partial charge in [0.1, 0.15) is 18.8 Å². The molecule has 15 heteroatoms. The summed E-state index contributed by atoms with van der Waals surface area (Å²) in [7, 11) is 0. The molecule has 0 spiro atoms. The van der Waals surface area contributed by atoms with Gasteiger partial charge in [0.05, 0.1) is 6.54 Å². The number of carbonyl (C=O) groups excluding carboxylic acids is 4. The fraction of sp³-hybridized carbons (Fsp3) is 0.500. The van der Waals surface area contributed by atoms with Gasteiger partial charge < -0.3 is 18.9 Å². The van der Waals surface area contributed by atoms with E-state index in [1.807, 2.05) is 0 Å². The number of hydrogen-bond donors (Lipinski definition) is 2. The summed E-state index contributed by atoms with van der Waals surface area (Å²) < 4.78 is 23.6. The normalized spacial score (nSPS) is 19.6. The number of anilines is 1. The van der Waals surface area contributed by atoms with E-state index in [9.17, 15) is 28.8 Å². The average molecular weight is 519 g/mol. The summed E-state index contributed by atoms with van der Waals surface area (Å²) in [6, 6.07) is 0. The Balaban J connectivity index is 2.17. The molecule has 0 bridgehead atoms. The summed E-state index contributed by atoms with van der Waals surface area (Å²) in [4.78, 5) is 79.2. The zero-order valence-electron chi connectivity index (χ0n) is 20.4. The van der Waals surface area contributed by atoms with Gasteiger partial charge in [0.15, 0.2) is 23.5 Å². The Morgan fingerprint density at radius 2 is 1.89 bits per heavy atom. The molecular weight excluding hydrogens is 494 g/mol. The smallest absolute Gasteiger partial charge is 0.333 e. The maximum Gasteiger partial charge on any atom is 0.333 e. The van der Waals surface area contributed by atoms with Crippen LogP contribution in [0.15, 0.2) is 9.59 Å². The van der Waals surface area contributed by atoms with Gasteiger partial charge in [-0.1, -0.05) is 5.92 Å². The van der Waals surface area contributed by atoms with Gasteiger partial charge in [0.25, 0.3) is 5.56 Å². The van der Waals surface area contributed by atoms with Gasteiger partial charge in [0.2, 0.25) is 11.9 Å². The van der Waals surface area contributed by atoms with Crippen molar-refractivity contribution in [3.8, 4) is 12.3 Å². The van der Waals surface area contributed by atoms with Gasteiger partial charge in [-0.25, -0.2) is 9.36 Å². The number of nitrogens with zero attached hydrogens (tertiary/aromatic N) is 3. The van der Waals surface area contributed by atoms with E-state index >= 15 is 0 Å². The summed E-state index contributed by atoms with van der Waals surface area (Å²) >= 11 is 0. The lowest BCUT2D eigenvalue weighted by Gasteiger charge is -2.23. The molecule has 2 N–H and O–H groups in total. The van der Waals surface area contributed by atoms with Gasteiger partial charge in [-0.2, -0.15) is 4.98 Å². The zero-order chi connectivity index (χ0) is 27.4. The monoisotopic (exact) mass is 519 g/mol. The number of rotatable bonds is 8. The van der Waals surface area contributed by atoms with Crippen LogP contribution >= 0.6 is 0 Å². The van der Waals surface area contributed by atoms with Gasteiger partial charge in [0, 0.05) is 34.1 Å². The molecule has 198 valence electrons. The molecule has 1 aliphatic heterocycles. The van der Waals surface area contributed by atoms with Crippen molar-refractivity contribution >= 4 is 40.9 Å². The lowest BCUT2D eigenvalue weighted by atomic mass is 10.1. The predicted molar refractivity (Wildman–Crippen MR) is 124 cm³/mol. The first-order chi connectivity index (χ1) is 17.4. The topological polar surface area (TPSA) is 190 Å². The minimum absolute atomic E-state index is 0.0700. The number of fused-ring (bicyclic) bond motifs is 1. The number of esters is 3. The van der Waals surface area contributed by atoms with Crippen LogP contribution in [0.4, 0.5) is 5.95 Å². The summed E-state index contributed by atoms with van der Waals surface area (Å²) in [5, 5.41) is 2.33. The first kappa shape index (κ1) is 27.1. The Hall–Kier alpha value is -4.45. The highest BCUT2D eigenvalue weighted by atomic mass is 16.6. The number of ether oxygens (including phenoxy) is 4. The second-order valence-corrected chi connectivity index (χ2v) is 8.11. The highest BCUT2D eigenvalue weighted by Crippen LogP contribution is 2.35. The number of hydrogen-bond acceptors (Lipinski definition) is 11. The van der Waals surface area contributed by atoms with Crippen LogP contribution in [-0.2, 0) is 44.7 Å². The van der Waals surface area contributed by atoms with Gasteiger partial charge in [-0.05, 0) is 0 Å². The molecule has 3 rings (SSSR count). The van der Waals surface area contributed by atoms with Crippen molar-refractivity contribution in [1.82, 2.24) is 19.1 Å². The number of carbonyl (C=O) groups is 4. The maximum atomic E-state index is 13.4. The molecule has 37 heavy (non-hydrogen) atoms. The van der Waals surface area contributed by atoms with E-state index in [1.165, 1.54) is 13.8 Å². The first-order valence-electron chi connectivity index (χ1n) is 11.0. The van der Waals surface area contributed by atoms with Crippen molar-refractivity contribution in [2.45, 2.75) is 65.2 Å². The first-order valence-corrected chi connectivity index (χ1v) is 11.0. The highest BCUT2D eigenvalue weighted by Gasteiger charge is 2.45. The standard InChI is InChI=1S/C22H25N5O10/c1-6-7-26-17-18(24-21(23-10(2)28)25-19(17)32)27(22(26)33)20-15(35-12(4)30)8-14(37-20)16(36-13(5)31)9-34-11(3)29/h1,14-16,20H,7-9H2,2-5H3,(H2,23,24,25,28,32)/t14-,15+,16-,20+/m0/s1. The van der Waals surface area contributed by atoms with Crippen LogP contribution < -0.4 is 16.6 Å². The summed E-state index contributed by atoms with van der Waals surface area (Å²) in [6.07, 6.45) is 0.765. The van der Waals surface area contributed by atoms with Crippen molar-refractivity contribution in [1.29, 1.82) is 0 Å². The van der Waals surface area contributed by atoms with Crippen molar-refractivity contribution in [3.05, 3.63) is 20.8 Å². The number of H-pyrrole nitrogens is 1. The maximum absolute atomic E-state index is 13.4. The Morgan fingerprint density at radius 1 is 1.19 bits per heavy atom. The fourth-order valence-electron chi connectivity index (χ4n) is 3.96. The molecule has 0 radical (unpaired) electrons. The van der Waals surface area contributed by atoms with E-state index in [1.54, 1.807) is 0 Å². The van der Waals surface area contributed by atoms with E-state index in [0.717, 1.165) is 23.0 Å². The van der Waals surface area contributed by atoms with E-state index in [0.29, 0.717) is 0 Å². The number of nitrogens with one attached hydrogen (secondary N) is 2. The molecule has 1 fully saturated rings. The Bertz CT molecular complexity index is 1400. The van der Waals surface area contributed by atoms with E-state index in [-0.39, 0.29) is 36.7 Å².